The van der Waals surface area contributed by atoms with Crippen molar-refractivity contribution in [3.05, 3.63) is 0 Å². The summed E-state index contributed by atoms with van der Waals surface area (Å²) in [7, 11) is 1.64. The average Bonchev–Trinajstić information content (AvgIpc) is 2.15. The lowest BCUT2D eigenvalue weighted by molar-refractivity contribution is -0.122. The zero-order valence-electron chi connectivity index (χ0n) is 9.21. The first-order chi connectivity index (χ1) is 6.70. The minimum Gasteiger partial charge on any atom is -0.385 e. The number of amides is 1. The minimum absolute atomic E-state index is 0.103. The van der Waals surface area contributed by atoms with Crippen LogP contribution >= 0.6 is 0 Å². The van der Waals surface area contributed by atoms with Gasteiger partial charge in [-0.2, -0.15) is 0 Å². The predicted octanol–water partition coefficient (Wildman–Crippen LogP) is 0.657. The molecule has 4 heteroatoms. The minimum atomic E-state index is 0.103. The first kappa shape index (κ1) is 13.4. The van der Waals surface area contributed by atoms with E-state index in [0.717, 1.165) is 19.3 Å². The van der Waals surface area contributed by atoms with Gasteiger partial charge in [0.1, 0.15) is 0 Å². The Bertz CT molecular complexity index is 151. The van der Waals surface area contributed by atoms with Gasteiger partial charge in [-0.1, -0.05) is 0 Å². The Hall–Kier alpha value is -0.610. The molecular weight excluding hydrogens is 180 g/mol. The first-order valence-corrected chi connectivity index (χ1v) is 5.19. The van der Waals surface area contributed by atoms with E-state index in [1.54, 1.807) is 7.11 Å². The van der Waals surface area contributed by atoms with Crippen molar-refractivity contribution in [2.45, 2.75) is 38.6 Å². The highest BCUT2D eigenvalue weighted by molar-refractivity contribution is 5.76. The molecule has 1 atom stereocenters. The van der Waals surface area contributed by atoms with Crippen LogP contribution in [0, 0.1) is 0 Å². The van der Waals surface area contributed by atoms with Gasteiger partial charge in [-0.15, -0.1) is 0 Å². The van der Waals surface area contributed by atoms with Gasteiger partial charge in [-0.05, 0) is 32.7 Å². The molecular formula is C10H22N2O2. The summed E-state index contributed by atoms with van der Waals surface area (Å²) < 4.78 is 4.87. The maximum Gasteiger partial charge on any atom is 0.220 e. The van der Waals surface area contributed by atoms with E-state index in [2.05, 4.69) is 5.32 Å². The Labute approximate surface area is 86.2 Å². The Morgan fingerprint density at radius 2 is 2.21 bits per heavy atom. The highest BCUT2D eigenvalue weighted by Gasteiger charge is 2.05. The molecule has 0 aliphatic rings. The molecule has 0 spiro atoms. The van der Waals surface area contributed by atoms with Crippen molar-refractivity contribution in [1.29, 1.82) is 0 Å². The maximum atomic E-state index is 11.3. The van der Waals surface area contributed by atoms with E-state index >= 15 is 0 Å². The summed E-state index contributed by atoms with van der Waals surface area (Å²) in [5.74, 6) is 0.103. The topological polar surface area (TPSA) is 64.3 Å². The van der Waals surface area contributed by atoms with Gasteiger partial charge in [0.05, 0.1) is 0 Å². The highest BCUT2D eigenvalue weighted by atomic mass is 16.5. The average molecular weight is 202 g/mol. The van der Waals surface area contributed by atoms with Crippen molar-refractivity contribution in [3.8, 4) is 0 Å². The lowest BCUT2D eigenvalue weighted by Gasteiger charge is -2.12. The van der Waals surface area contributed by atoms with E-state index < -0.39 is 0 Å². The van der Waals surface area contributed by atoms with Crippen LogP contribution < -0.4 is 11.1 Å². The summed E-state index contributed by atoms with van der Waals surface area (Å²) in [6.45, 7) is 3.33. The molecule has 0 aromatic carbocycles. The number of carbonyl (C=O) groups is 1. The van der Waals surface area contributed by atoms with Crippen LogP contribution in [0.4, 0.5) is 0 Å². The fraction of sp³-hybridized carbons (Fsp3) is 0.900. The Morgan fingerprint density at radius 3 is 2.79 bits per heavy atom. The zero-order valence-corrected chi connectivity index (χ0v) is 9.21. The summed E-state index contributed by atoms with van der Waals surface area (Å²) in [5, 5.41) is 2.92. The molecule has 1 amide bonds. The second-order valence-electron chi connectivity index (χ2n) is 3.50. The van der Waals surface area contributed by atoms with E-state index in [4.69, 9.17) is 10.5 Å². The largest absolute Gasteiger partial charge is 0.385 e. The zero-order chi connectivity index (χ0) is 10.8. The van der Waals surface area contributed by atoms with Crippen molar-refractivity contribution in [2.24, 2.45) is 5.73 Å². The quantitative estimate of drug-likeness (QED) is 0.568. The van der Waals surface area contributed by atoms with Gasteiger partial charge < -0.3 is 15.8 Å². The van der Waals surface area contributed by atoms with Crippen LogP contribution in [-0.2, 0) is 9.53 Å². The molecule has 0 bridgehead atoms. The normalized spacial score (nSPS) is 12.5. The third kappa shape index (κ3) is 8.01. The monoisotopic (exact) mass is 202 g/mol. The number of hydrogen-bond acceptors (Lipinski definition) is 3. The molecule has 0 aliphatic carbocycles. The Kier molecular flexibility index (Phi) is 8.57. The third-order valence-corrected chi connectivity index (χ3v) is 2.00. The molecule has 3 N–H and O–H groups in total. The summed E-state index contributed by atoms with van der Waals surface area (Å²) in [5.41, 5.74) is 5.38. The van der Waals surface area contributed by atoms with Gasteiger partial charge in [0.2, 0.25) is 5.91 Å². The number of ether oxygens (including phenoxy) is 1. The van der Waals surface area contributed by atoms with Crippen LogP contribution in [0.5, 0.6) is 0 Å². The summed E-state index contributed by atoms with van der Waals surface area (Å²) in [4.78, 5) is 11.3. The van der Waals surface area contributed by atoms with E-state index in [9.17, 15) is 4.79 Å². The van der Waals surface area contributed by atoms with Crippen molar-refractivity contribution in [2.75, 3.05) is 20.3 Å². The fourth-order valence-corrected chi connectivity index (χ4v) is 1.22. The van der Waals surface area contributed by atoms with E-state index in [1.807, 2.05) is 6.92 Å². The molecule has 0 aromatic heterocycles. The molecule has 84 valence electrons. The van der Waals surface area contributed by atoms with Crippen LogP contribution in [0.3, 0.4) is 0 Å². The number of hydrogen-bond donors (Lipinski definition) is 2. The van der Waals surface area contributed by atoms with Gasteiger partial charge in [-0.3, -0.25) is 4.79 Å². The fourth-order valence-electron chi connectivity index (χ4n) is 1.22. The number of methoxy groups -OCH3 is 1. The van der Waals surface area contributed by atoms with E-state index in [-0.39, 0.29) is 11.9 Å². The summed E-state index contributed by atoms with van der Waals surface area (Å²) in [6.07, 6.45) is 3.23. The van der Waals surface area contributed by atoms with Gasteiger partial charge in [-0.25, -0.2) is 0 Å². The third-order valence-electron chi connectivity index (χ3n) is 2.00. The molecule has 0 radical (unpaired) electrons. The Morgan fingerprint density at radius 1 is 1.50 bits per heavy atom. The molecule has 14 heavy (non-hydrogen) atoms. The van der Waals surface area contributed by atoms with E-state index in [0.29, 0.717) is 19.6 Å². The van der Waals surface area contributed by atoms with Crippen molar-refractivity contribution < 1.29 is 9.53 Å². The summed E-state index contributed by atoms with van der Waals surface area (Å²) in [6, 6.07) is 0.230. The molecule has 0 heterocycles. The number of nitrogens with two attached hydrogens (primary N) is 1. The van der Waals surface area contributed by atoms with Crippen LogP contribution in [0.2, 0.25) is 0 Å². The number of rotatable bonds is 8. The predicted molar refractivity (Wildman–Crippen MR) is 57.0 cm³/mol. The van der Waals surface area contributed by atoms with E-state index in [1.165, 1.54) is 0 Å². The second-order valence-corrected chi connectivity index (χ2v) is 3.50. The smallest absolute Gasteiger partial charge is 0.220 e. The first-order valence-electron chi connectivity index (χ1n) is 5.19. The van der Waals surface area contributed by atoms with Crippen molar-refractivity contribution in [1.82, 2.24) is 5.32 Å². The molecule has 0 aromatic rings. The van der Waals surface area contributed by atoms with Gasteiger partial charge in [0, 0.05) is 26.2 Å². The van der Waals surface area contributed by atoms with Crippen LogP contribution in [0.1, 0.15) is 32.6 Å². The summed E-state index contributed by atoms with van der Waals surface area (Å²) >= 11 is 0. The second kappa shape index (κ2) is 8.97. The van der Waals surface area contributed by atoms with Crippen molar-refractivity contribution in [3.63, 3.8) is 0 Å². The molecule has 1 unspecified atom stereocenters. The SMILES string of the molecule is COCCCC(=O)NC(C)CCCN. The van der Waals surface area contributed by atoms with Crippen LogP contribution in [-0.4, -0.2) is 32.2 Å². The number of nitrogens with one attached hydrogen (secondary N) is 1. The van der Waals surface area contributed by atoms with Crippen molar-refractivity contribution >= 4 is 5.91 Å². The molecule has 0 aliphatic heterocycles. The maximum absolute atomic E-state index is 11.3. The standard InChI is InChI=1S/C10H22N2O2/c1-9(5-3-7-11)12-10(13)6-4-8-14-2/h9H,3-8,11H2,1-2H3,(H,12,13). The molecule has 0 rings (SSSR count). The molecule has 4 nitrogen and oxygen atoms in total. The number of carbonyl (C=O) groups excluding carboxylic acids is 1. The lowest BCUT2D eigenvalue weighted by Crippen LogP contribution is -2.32. The van der Waals surface area contributed by atoms with Gasteiger partial charge >= 0.3 is 0 Å². The molecule has 0 fully saturated rings. The van der Waals surface area contributed by atoms with Gasteiger partial charge in [0.15, 0.2) is 0 Å². The Balaban J connectivity index is 3.40. The molecule has 0 saturated heterocycles. The van der Waals surface area contributed by atoms with Gasteiger partial charge in [0.25, 0.3) is 0 Å². The molecule has 0 saturated carbocycles. The lowest BCUT2D eigenvalue weighted by atomic mass is 10.2. The van der Waals surface area contributed by atoms with Crippen LogP contribution in [0.25, 0.3) is 0 Å². The highest BCUT2D eigenvalue weighted by Crippen LogP contribution is 1.96. The van der Waals surface area contributed by atoms with Crippen LogP contribution in [0.15, 0.2) is 0 Å².